The third-order valence-electron chi connectivity index (χ3n) is 17.6. The molecule has 2 atom stereocenters. The molecule has 3 heterocycles. The maximum atomic E-state index is 14.9. The van der Waals surface area contributed by atoms with Crippen LogP contribution in [0.25, 0.3) is 33.4 Å². The number of Topliss-reactive ketones (excluding diaryl/α,β-unsaturated/α-hetero) is 1. The Labute approximate surface area is 538 Å². The van der Waals surface area contributed by atoms with Crippen LogP contribution in [0.5, 0.6) is 5.75 Å². The van der Waals surface area contributed by atoms with E-state index in [0.717, 1.165) is 84.1 Å². The number of amides is 4. The molecule has 9 rings (SSSR count). The van der Waals surface area contributed by atoms with Crippen LogP contribution in [-0.4, -0.2) is 136 Å². The number of aryl methyl sites for hydroxylation is 2. The fraction of sp³-hybridized carbons (Fsp3) is 0.394. The summed E-state index contributed by atoms with van der Waals surface area (Å²) < 4.78 is 54.8. The van der Waals surface area contributed by atoms with E-state index < -0.39 is 52.7 Å². The molecular formula is C71H84BN6O13S+. The van der Waals surface area contributed by atoms with Gasteiger partial charge in [0.25, 0.3) is 21.9 Å². The van der Waals surface area contributed by atoms with Gasteiger partial charge < -0.3 is 44.6 Å². The van der Waals surface area contributed by atoms with Crippen LogP contribution in [0.4, 0.5) is 5.69 Å². The van der Waals surface area contributed by atoms with E-state index in [4.69, 9.17) is 13.8 Å². The molecule has 92 heavy (non-hydrogen) atoms. The molecule has 0 aromatic heterocycles. The number of carbonyl (C=O) groups is 6. The summed E-state index contributed by atoms with van der Waals surface area (Å²) in [6.45, 7) is 12.1. The van der Waals surface area contributed by atoms with Gasteiger partial charge in [0.15, 0.2) is 11.6 Å². The molecule has 3 aliphatic heterocycles. The number of ether oxygens (including phenoxy) is 1. The van der Waals surface area contributed by atoms with Crippen LogP contribution in [0.2, 0.25) is 0 Å². The lowest BCUT2D eigenvalue weighted by atomic mass is 9.75. The van der Waals surface area contributed by atoms with Crippen LogP contribution in [-0.2, 0) is 48.6 Å². The Kier molecular flexibility index (Phi) is 23.4. The summed E-state index contributed by atoms with van der Waals surface area (Å²) >= 11 is 0. The van der Waals surface area contributed by atoms with Crippen molar-refractivity contribution in [2.45, 2.75) is 123 Å². The monoisotopic (exact) mass is 1270 g/mol. The third kappa shape index (κ3) is 16.4. The normalized spacial score (nSPS) is 14.1. The second-order valence-electron chi connectivity index (χ2n) is 23.5. The predicted molar refractivity (Wildman–Crippen MR) is 357 cm³/mol. The topological polar surface area (TPSA) is 254 Å². The van der Waals surface area contributed by atoms with Crippen molar-refractivity contribution in [1.82, 2.24) is 25.4 Å². The van der Waals surface area contributed by atoms with Crippen LogP contribution in [0.15, 0.2) is 126 Å². The van der Waals surface area contributed by atoms with Crippen LogP contribution in [0, 0.1) is 0 Å². The van der Waals surface area contributed by atoms with Crippen molar-refractivity contribution in [3.05, 3.63) is 166 Å². The summed E-state index contributed by atoms with van der Waals surface area (Å²) in [5, 5.41) is 20.9. The van der Waals surface area contributed by atoms with Crippen molar-refractivity contribution in [1.29, 1.82) is 0 Å². The number of benzene rings is 6. The number of anilines is 1. The maximum absolute atomic E-state index is 14.9. The van der Waals surface area contributed by atoms with Gasteiger partial charge >= 0.3 is 7.12 Å². The minimum absolute atomic E-state index is 0.0205. The molecule has 1 saturated heterocycles. The predicted octanol–water partition coefficient (Wildman–Crippen LogP) is 8.32. The Bertz CT molecular complexity index is 3960. The second-order valence-corrected chi connectivity index (χ2v) is 24.9. The van der Waals surface area contributed by atoms with Crippen LogP contribution < -0.4 is 41.0 Å². The van der Waals surface area contributed by atoms with Gasteiger partial charge in [-0.1, -0.05) is 85.6 Å². The average molecular weight is 1270 g/mol. The Hall–Kier alpha value is -8.50. The zero-order chi connectivity index (χ0) is 65.5. The Morgan fingerprint density at radius 2 is 1.46 bits per heavy atom. The van der Waals surface area contributed by atoms with E-state index in [1.165, 1.54) is 12.0 Å². The number of nitrogens with one attached hydrogen (secondary N) is 3. The lowest BCUT2D eigenvalue weighted by Crippen LogP contribution is -2.52. The van der Waals surface area contributed by atoms with Crippen molar-refractivity contribution < 1.29 is 60.6 Å². The first kappa shape index (κ1) is 67.9. The fourth-order valence-electron chi connectivity index (χ4n) is 12.7. The summed E-state index contributed by atoms with van der Waals surface area (Å²) in [6, 6.07) is 35.4. The van der Waals surface area contributed by atoms with E-state index in [2.05, 4.69) is 65.3 Å². The Morgan fingerprint density at radius 1 is 0.761 bits per heavy atom. The third-order valence-corrected chi connectivity index (χ3v) is 18.3. The number of fused-ring (bicyclic) bond motifs is 3. The van der Waals surface area contributed by atoms with E-state index in [1.54, 1.807) is 30.3 Å². The largest absolute Gasteiger partial charge is 0.497 e. The molecule has 1 aliphatic carbocycles. The number of hydrogen-bond acceptors (Lipinski definition) is 13. The quantitative estimate of drug-likeness (QED) is 0.00684. The number of rotatable bonds is 31. The van der Waals surface area contributed by atoms with Crippen LogP contribution in [0.3, 0.4) is 0 Å². The molecule has 5 aromatic carbocycles. The standard InChI is InChI=1S/C71H83BN6O13S/c1-6-76(7-2)51-35-37-55-62(43-51)91-63-44-52(77(8-3)9-4)36-38-56(63)65(55)53-26-19-20-27-54(53)71(84)78-41-21-28-60(78)70(83)75-59(46-92(86,87)88)61(79)29-15-10-11-16-30-64(80)73-39-40-74-69(82)57-42-50(68(89-5)66-58(57)45-90-72(66)85)25-18-17-22-47-31-33-49(34-32-47)67(81)48-23-13-12-14-24-48/h12-14,19-20,23-24,26-27,31-38,42-44,59-60,85H,6-11,15-18,21-22,25,28-30,39-41,45-46H2,1-5H3,(H3-,73,74,75,80,82,83,86,87,88)/p+1. The lowest BCUT2D eigenvalue weighted by Gasteiger charge is -2.27. The van der Waals surface area contributed by atoms with E-state index in [1.807, 2.05) is 78.9 Å². The minimum Gasteiger partial charge on any atom is -0.497 e. The second kappa shape index (κ2) is 31.7. The number of unbranched alkanes of at least 4 members (excludes halogenated alkanes) is 4. The van der Waals surface area contributed by atoms with Gasteiger partial charge in [0.05, 0.1) is 19.8 Å². The molecule has 0 saturated carbocycles. The molecule has 2 unspecified atom stereocenters. The Balaban J connectivity index is 0.749. The summed E-state index contributed by atoms with van der Waals surface area (Å²) in [7, 11) is -4.47. The Morgan fingerprint density at radius 3 is 2.17 bits per heavy atom. The molecule has 484 valence electrons. The molecule has 0 radical (unpaired) electrons. The molecule has 5 N–H and O–H groups in total. The molecule has 4 aliphatic rings. The van der Waals surface area contributed by atoms with Crippen molar-refractivity contribution in [2.24, 2.45) is 0 Å². The molecule has 19 nitrogen and oxygen atoms in total. The lowest BCUT2D eigenvalue weighted by molar-refractivity contribution is -0.129. The molecule has 5 aromatic rings. The van der Waals surface area contributed by atoms with Gasteiger partial charge in [-0.25, -0.2) is 4.58 Å². The SMILES string of the molecule is CCN(CC)c1ccc2c(-c3ccccc3C(=O)N3CCCC3C(=O)NC(CS(=O)(=O)O)C(=O)CCCCCCC(=O)NCCNC(=O)c3cc(CCCCc4ccc(C(=O)c5ccccc5)cc4)c(OC)c4c3COB4O)c3ccc(=[N+](CC)CC)cc-3oc2c1. The van der Waals surface area contributed by atoms with E-state index >= 15 is 0 Å². The van der Waals surface area contributed by atoms with Crippen LogP contribution in [0.1, 0.15) is 145 Å². The highest BCUT2D eigenvalue weighted by Crippen LogP contribution is 2.43. The first-order chi connectivity index (χ1) is 44.4. The average Bonchev–Trinajstić information content (AvgIpc) is 0.976. The number of ketones is 2. The van der Waals surface area contributed by atoms with Gasteiger partial charge in [-0.3, -0.25) is 33.3 Å². The van der Waals surface area contributed by atoms with Gasteiger partial charge in [0, 0.05) is 108 Å². The molecule has 0 spiro atoms. The summed E-state index contributed by atoms with van der Waals surface area (Å²) in [6.07, 6.45) is 5.62. The highest BCUT2D eigenvalue weighted by Gasteiger charge is 2.39. The van der Waals surface area contributed by atoms with E-state index in [0.29, 0.717) is 94.5 Å². The summed E-state index contributed by atoms with van der Waals surface area (Å²) in [4.78, 5) is 85.9. The zero-order valence-electron chi connectivity index (χ0n) is 53.3. The van der Waals surface area contributed by atoms with E-state index in [9.17, 15) is 46.8 Å². The van der Waals surface area contributed by atoms with Crippen molar-refractivity contribution in [3.8, 4) is 28.2 Å². The molecule has 4 amide bonds. The highest BCUT2D eigenvalue weighted by atomic mass is 32.2. The number of nitrogens with zero attached hydrogens (tertiary/aromatic N) is 3. The summed E-state index contributed by atoms with van der Waals surface area (Å²) in [5.74, 6) is -2.26. The molecular weight excluding hydrogens is 1190 g/mol. The number of likely N-dealkylation sites (tertiary alicyclic amines) is 1. The van der Waals surface area contributed by atoms with Crippen molar-refractivity contribution >= 4 is 74.6 Å². The zero-order valence-corrected chi connectivity index (χ0v) is 54.1. The van der Waals surface area contributed by atoms with Gasteiger partial charge in [0.1, 0.15) is 48.0 Å². The molecule has 21 heteroatoms. The van der Waals surface area contributed by atoms with Crippen LogP contribution >= 0.6 is 0 Å². The van der Waals surface area contributed by atoms with Crippen molar-refractivity contribution in [3.63, 3.8) is 0 Å². The summed E-state index contributed by atoms with van der Waals surface area (Å²) in [5.41, 5.74) is 8.66. The van der Waals surface area contributed by atoms with Gasteiger partial charge in [-0.2, -0.15) is 8.42 Å². The van der Waals surface area contributed by atoms with Gasteiger partial charge in [-0.15, -0.1) is 0 Å². The number of carbonyl (C=O) groups excluding carboxylic acids is 6. The molecule has 0 bridgehead atoms. The fourth-order valence-corrected chi connectivity index (χ4v) is 13.4. The maximum Gasteiger partial charge on any atom is 0.495 e. The number of hydrogen-bond donors (Lipinski definition) is 5. The van der Waals surface area contributed by atoms with Gasteiger partial charge in [0.2, 0.25) is 17.2 Å². The number of methoxy groups -OCH3 is 1. The first-order valence-electron chi connectivity index (χ1n) is 32.2. The van der Waals surface area contributed by atoms with Gasteiger partial charge in [-0.05, 0) is 132 Å². The highest BCUT2D eigenvalue weighted by molar-refractivity contribution is 7.85. The minimum atomic E-state index is -4.73. The first-order valence-corrected chi connectivity index (χ1v) is 33.8. The van der Waals surface area contributed by atoms with E-state index in [-0.39, 0.29) is 63.1 Å². The molecule has 1 fully saturated rings. The van der Waals surface area contributed by atoms with Crippen molar-refractivity contribution in [2.75, 3.05) is 63.6 Å². The smallest absolute Gasteiger partial charge is 0.495 e.